The van der Waals surface area contributed by atoms with E-state index in [9.17, 15) is 0 Å². The van der Waals surface area contributed by atoms with E-state index in [-0.39, 0.29) is 5.92 Å². The van der Waals surface area contributed by atoms with Gasteiger partial charge < -0.3 is 15.2 Å². The first-order valence-electron chi connectivity index (χ1n) is 6.92. The molecule has 1 aromatic carbocycles. The molecule has 0 aliphatic carbocycles. The molecular weight excluding hydrogens is 250 g/mol. The van der Waals surface area contributed by atoms with Crippen molar-refractivity contribution in [1.29, 1.82) is 0 Å². The van der Waals surface area contributed by atoms with E-state index >= 15 is 0 Å². The quantitative estimate of drug-likeness (QED) is 0.910. The smallest absolute Gasteiger partial charge is 0.137 e. The van der Waals surface area contributed by atoms with Crippen LogP contribution in [-0.2, 0) is 6.42 Å². The predicted molar refractivity (Wildman–Crippen MR) is 82.2 cm³/mol. The Balaban J connectivity index is 2.26. The number of rotatable bonds is 5. The van der Waals surface area contributed by atoms with Crippen molar-refractivity contribution in [2.45, 2.75) is 26.2 Å². The number of nitrogens with two attached hydrogens (primary N) is 1. The standard InChI is InChI=1S/C16H23N3O/c1-11-16(12(2)20-18-11)9-14(10-17)13-6-5-7-15(8-13)19(3)4/h5-8,14H,9-10,17H2,1-4H3. The molecule has 0 bridgehead atoms. The fraction of sp³-hybridized carbons (Fsp3) is 0.438. The van der Waals surface area contributed by atoms with Crippen molar-refractivity contribution < 1.29 is 4.52 Å². The monoisotopic (exact) mass is 273 g/mol. The number of nitrogens with zero attached hydrogens (tertiary/aromatic N) is 2. The summed E-state index contributed by atoms with van der Waals surface area (Å²) in [5.74, 6) is 1.18. The fourth-order valence-corrected chi connectivity index (χ4v) is 2.43. The molecule has 108 valence electrons. The molecule has 1 aromatic heterocycles. The summed E-state index contributed by atoms with van der Waals surface area (Å²) in [4.78, 5) is 2.10. The van der Waals surface area contributed by atoms with E-state index in [4.69, 9.17) is 10.3 Å². The number of anilines is 1. The molecule has 2 N–H and O–H groups in total. The van der Waals surface area contributed by atoms with Gasteiger partial charge in [0.25, 0.3) is 0 Å². The zero-order chi connectivity index (χ0) is 14.7. The molecule has 2 rings (SSSR count). The summed E-state index contributed by atoms with van der Waals surface area (Å²) in [5, 5.41) is 4.02. The first kappa shape index (κ1) is 14.6. The topological polar surface area (TPSA) is 55.3 Å². The highest BCUT2D eigenvalue weighted by molar-refractivity contribution is 5.48. The van der Waals surface area contributed by atoms with E-state index in [0.717, 1.165) is 17.9 Å². The Labute approximate surface area is 120 Å². The van der Waals surface area contributed by atoms with E-state index in [1.807, 2.05) is 27.9 Å². The summed E-state index contributed by atoms with van der Waals surface area (Å²) >= 11 is 0. The Hall–Kier alpha value is -1.81. The molecule has 0 radical (unpaired) electrons. The Kier molecular flexibility index (Phi) is 4.45. The Morgan fingerprint density at radius 1 is 1.30 bits per heavy atom. The van der Waals surface area contributed by atoms with Crippen molar-refractivity contribution >= 4 is 5.69 Å². The van der Waals surface area contributed by atoms with E-state index < -0.39 is 0 Å². The maximum Gasteiger partial charge on any atom is 0.137 e. The molecule has 1 heterocycles. The molecular formula is C16H23N3O. The zero-order valence-corrected chi connectivity index (χ0v) is 12.7. The maximum atomic E-state index is 5.98. The van der Waals surface area contributed by atoms with Crippen molar-refractivity contribution in [2.24, 2.45) is 5.73 Å². The minimum atomic E-state index is 0.284. The van der Waals surface area contributed by atoms with Gasteiger partial charge in [0.15, 0.2) is 0 Å². The second-order valence-corrected chi connectivity index (χ2v) is 5.43. The number of hydrogen-bond acceptors (Lipinski definition) is 4. The molecule has 2 aromatic rings. The van der Waals surface area contributed by atoms with Crippen LogP contribution >= 0.6 is 0 Å². The highest BCUT2D eigenvalue weighted by atomic mass is 16.5. The summed E-state index contributed by atoms with van der Waals surface area (Å²) < 4.78 is 5.24. The first-order valence-corrected chi connectivity index (χ1v) is 6.92. The van der Waals surface area contributed by atoms with E-state index in [2.05, 4.69) is 34.3 Å². The van der Waals surface area contributed by atoms with Gasteiger partial charge in [0.1, 0.15) is 5.76 Å². The second kappa shape index (κ2) is 6.09. The summed E-state index contributed by atoms with van der Waals surface area (Å²) in [6, 6.07) is 8.53. The average molecular weight is 273 g/mol. The summed E-state index contributed by atoms with van der Waals surface area (Å²) in [7, 11) is 4.09. The van der Waals surface area contributed by atoms with Crippen molar-refractivity contribution in [3.8, 4) is 0 Å². The molecule has 0 spiro atoms. The minimum absolute atomic E-state index is 0.284. The van der Waals surface area contributed by atoms with Gasteiger partial charge in [-0.15, -0.1) is 0 Å². The van der Waals surface area contributed by atoms with Crippen LogP contribution in [0.1, 0.15) is 28.5 Å². The molecule has 4 nitrogen and oxygen atoms in total. The average Bonchev–Trinajstić information content (AvgIpc) is 2.76. The molecule has 0 aliphatic heterocycles. The van der Waals surface area contributed by atoms with Crippen LogP contribution < -0.4 is 10.6 Å². The fourth-order valence-electron chi connectivity index (χ4n) is 2.43. The SMILES string of the molecule is Cc1noc(C)c1CC(CN)c1cccc(N(C)C)c1. The largest absolute Gasteiger partial charge is 0.378 e. The van der Waals surface area contributed by atoms with Crippen LogP contribution in [-0.4, -0.2) is 25.8 Å². The minimum Gasteiger partial charge on any atom is -0.378 e. The summed E-state index contributed by atoms with van der Waals surface area (Å²) in [5.41, 5.74) is 10.6. The van der Waals surface area contributed by atoms with Crippen molar-refractivity contribution in [3.05, 3.63) is 46.8 Å². The lowest BCUT2D eigenvalue weighted by Crippen LogP contribution is -2.16. The molecule has 0 aliphatic rings. The molecule has 4 heteroatoms. The molecule has 20 heavy (non-hydrogen) atoms. The zero-order valence-electron chi connectivity index (χ0n) is 12.7. The van der Waals surface area contributed by atoms with Crippen molar-refractivity contribution in [2.75, 3.05) is 25.5 Å². The number of benzene rings is 1. The van der Waals surface area contributed by atoms with Crippen molar-refractivity contribution in [3.63, 3.8) is 0 Å². The molecule has 0 fully saturated rings. The second-order valence-electron chi connectivity index (χ2n) is 5.43. The lowest BCUT2D eigenvalue weighted by Gasteiger charge is -2.19. The normalized spacial score (nSPS) is 12.4. The van der Waals surface area contributed by atoms with E-state index in [1.54, 1.807) is 0 Å². The Morgan fingerprint density at radius 2 is 2.05 bits per heavy atom. The predicted octanol–water partition coefficient (Wildman–Crippen LogP) is 2.64. The van der Waals surface area contributed by atoms with Gasteiger partial charge in [-0.3, -0.25) is 0 Å². The van der Waals surface area contributed by atoms with Gasteiger partial charge in [-0.05, 0) is 44.5 Å². The van der Waals surface area contributed by atoms with Gasteiger partial charge in [-0.2, -0.15) is 0 Å². The molecule has 0 amide bonds. The van der Waals surface area contributed by atoms with Crippen LogP contribution in [0.4, 0.5) is 5.69 Å². The van der Waals surface area contributed by atoms with Crippen LogP contribution in [0.5, 0.6) is 0 Å². The third-order valence-corrected chi connectivity index (χ3v) is 3.77. The highest BCUT2D eigenvalue weighted by Crippen LogP contribution is 2.26. The Morgan fingerprint density at radius 3 is 2.60 bits per heavy atom. The van der Waals surface area contributed by atoms with Gasteiger partial charge in [-0.25, -0.2) is 0 Å². The number of aromatic nitrogens is 1. The lowest BCUT2D eigenvalue weighted by atomic mass is 9.91. The Bertz CT molecular complexity index is 555. The van der Waals surface area contributed by atoms with Gasteiger partial charge in [-0.1, -0.05) is 17.3 Å². The third-order valence-electron chi connectivity index (χ3n) is 3.77. The third kappa shape index (κ3) is 3.02. The molecule has 1 unspecified atom stereocenters. The van der Waals surface area contributed by atoms with E-state index in [1.165, 1.54) is 16.8 Å². The molecule has 0 saturated heterocycles. The van der Waals surface area contributed by atoms with Crippen LogP contribution in [0, 0.1) is 13.8 Å². The molecule has 1 atom stereocenters. The van der Waals surface area contributed by atoms with E-state index in [0.29, 0.717) is 6.54 Å². The van der Waals surface area contributed by atoms with Crippen molar-refractivity contribution in [1.82, 2.24) is 5.16 Å². The summed E-state index contributed by atoms with van der Waals surface area (Å²) in [6.07, 6.45) is 0.870. The summed E-state index contributed by atoms with van der Waals surface area (Å²) in [6.45, 7) is 4.55. The van der Waals surface area contributed by atoms with Crippen LogP contribution in [0.3, 0.4) is 0 Å². The first-order chi connectivity index (χ1) is 9.52. The van der Waals surface area contributed by atoms with Gasteiger partial charge in [0.05, 0.1) is 5.69 Å². The maximum absolute atomic E-state index is 5.98. The van der Waals surface area contributed by atoms with Gasteiger partial charge in [0.2, 0.25) is 0 Å². The van der Waals surface area contributed by atoms with Gasteiger partial charge >= 0.3 is 0 Å². The van der Waals surface area contributed by atoms with Crippen LogP contribution in [0.25, 0.3) is 0 Å². The lowest BCUT2D eigenvalue weighted by molar-refractivity contribution is 0.392. The van der Waals surface area contributed by atoms with Crippen LogP contribution in [0.2, 0.25) is 0 Å². The van der Waals surface area contributed by atoms with Gasteiger partial charge in [0, 0.05) is 31.3 Å². The number of hydrogen-bond donors (Lipinski definition) is 1. The molecule has 0 saturated carbocycles. The van der Waals surface area contributed by atoms with Crippen LogP contribution in [0.15, 0.2) is 28.8 Å². The highest BCUT2D eigenvalue weighted by Gasteiger charge is 2.17. The number of aryl methyl sites for hydroxylation is 2.